The molecule has 0 spiro atoms. The van der Waals surface area contributed by atoms with E-state index in [1.807, 2.05) is 0 Å². The number of nitrogens with zero attached hydrogens (tertiary/aromatic N) is 3. The van der Waals surface area contributed by atoms with E-state index in [-0.39, 0.29) is 28.3 Å². The van der Waals surface area contributed by atoms with Crippen molar-refractivity contribution >= 4 is 27.3 Å². The van der Waals surface area contributed by atoms with E-state index in [0.29, 0.717) is 19.4 Å². The number of hydrogen-bond acceptors (Lipinski definition) is 5. The summed E-state index contributed by atoms with van der Waals surface area (Å²) >= 11 is 1.02. The van der Waals surface area contributed by atoms with Gasteiger partial charge in [-0.3, -0.25) is 9.48 Å². The van der Waals surface area contributed by atoms with Gasteiger partial charge in [-0.1, -0.05) is 0 Å². The Morgan fingerprint density at radius 1 is 1.41 bits per heavy atom. The minimum Gasteiger partial charge on any atom is -0.336 e. The number of amides is 1. The third-order valence-corrected chi connectivity index (χ3v) is 6.78. The summed E-state index contributed by atoms with van der Waals surface area (Å²) in [4.78, 5) is 14.5. The largest absolute Gasteiger partial charge is 0.435 e. The molecule has 0 aromatic carbocycles. The summed E-state index contributed by atoms with van der Waals surface area (Å²) in [5, 5.41) is 4.97. The van der Waals surface area contributed by atoms with Gasteiger partial charge in [-0.25, -0.2) is 13.1 Å². The van der Waals surface area contributed by atoms with E-state index in [9.17, 15) is 26.4 Å². The molecule has 2 aromatic heterocycles. The molecule has 1 saturated heterocycles. The van der Waals surface area contributed by atoms with Crippen LogP contribution >= 0.6 is 11.3 Å². The predicted molar refractivity (Wildman–Crippen MR) is 92.0 cm³/mol. The number of rotatable bonds is 4. The van der Waals surface area contributed by atoms with Crippen LogP contribution < -0.4 is 4.72 Å². The number of aromatic nitrogens is 2. The van der Waals surface area contributed by atoms with Crippen LogP contribution in [0.2, 0.25) is 0 Å². The summed E-state index contributed by atoms with van der Waals surface area (Å²) in [6.07, 6.45) is -2.02. The monoisotopic (exact) mass is 422 g/mol. The zero-order valence-electron chi connectivity index (χ0n) is 14.2. The molecule has 1 aliphatic heterocycles. The zero-order chi connectivity index (χ0) is 19.8. The fourth-order valence-corrected chi connectivity index (χ4v) is 4.86. The summed E-state index contributed by atoms with van der Waals surface area (Å²) in [5.74, 6) is -0.342. The normalized spacial score (nSPS) is 18.7. The number of thiophene rings is 1. The van der Waals surface area contributed by atoms with Gasteiger partial charge in [-0.2, -0.15) is 18.3 Å². The SMILES string of the molecule is CNS(=O)(=O)c1csc(C(=O)N2CCCC(n3ccc(C(F)(F)F)n3)C2)c1. The van der Waals surface area contributed by atoms with Gasteiger partial charge >= 0.3 is 6.18 Å². The van der Waals surface area contributed by atoms with Crippen LogP contribution in [0.3, 0.4) is 0 Å². The Balaban J connectivity index is 1.74. The van der Waals surface area contributed by atoms with Crippen molar-refractivity contribution in [2.45, 2.75) is 30.0 Å². The average molecular weight is 422 g/mol. The van der Waals surface area contributed by atoms with E-state index in [1.165, 1.54) is 34.3 Å². The quantitative estimate of drug-likeness (QED) is 0.820. The number of halogens is 3. The first kappa shape index (κ1) is 19.8. The molecule has 1 unspecified atom stereocenters. The van der Waals surface area contributed by atoms with E-state index >= 15 is 0 Å². The highest BCUT2D eigenvalue weighted by molar-refractivity contribution is 7.89. The Bertz CT molecular complexity index is 936. The van der Waals surface area contributed by atoms with Crippen molar-refractivity contribution < 1.29 is 26.4 Å². The molecule has 3 rings (SSSR count). The average Bonchev–Trinajstić information content (AvgIpc) is 3.30. The molecule has 148 valence electrons. The Morgan fingerprint density at radius 2 is 2.15 bits per heavy atom. The summed E-state index contributed by atoms with van der Waals surface area (Å²) in [5.41, 5.74) is -0.967. The van der Waals surface area contributed by atoms with Crippen LogP contribution in [0, 0.1) is 0 Å². The maximum Gasteiger partial charge on any atom is 0.435 e. The molecule has 3 heterocycles. The first-order valence-corrected chi connectivity index (χ1v) is 10.4. The molecule has 1 atom stereocenters. The van der Waals surface area contributed by atoms with Crippen molar-refractivity contribution in [3.8, 4) is 0 Å². The summed E-state index contributed by atoms with van der Waals surface area (Å²) in [7, 11) is -2.36. The lowest BCUT2D eigenvalue weighted by Crippen LogP contribution is -2.40. The van der Waals surface area contributed by atoms with E-state index in [1.54, 1.807) is 0 Å². The third kappa shape index (κ3) is 4.17. The van der Waals surface area contributed by atoms with E-state index in [0.717, 1.165) is 17.4 Å². The summed E-state index contributed by atoms with van der Waals surface area (Å²) < 4.78 is 65.2. The fourth-order valence-electron chi connectivity index (χ4n) is 2.89. The molecule has 0 radical (unpaired) electrons. The van der Waals surface area contributed by atoms with Crippen molar-refractivity contribution in [1.29, 1.82) is 0 Å². The Labute approximate surface area is 157 Å². The van der Waals surface area contributed by atoms with Crippen molar-refractivity contribution in [2.24, 2.45) is 0 Å². The van der Waals surface area contributed by atoms with Crippen LogP contribution in [-0.2, 0) is 16.2 Å². The van der Waals surface area contributed by atoms with Crippen molar-refractivity contribution in [1.82, 2.24) is 19.4 Å². The van der Waals surface area contributed by atoms with Gasteiger partial charge < -0.3 is 4.90 Å². The maximum absolute atomic E-state index is 12.7. The molecule has 2 aromatic rings. The smallest absolute Gasteiger partial charge is 0.336 e. The van der Waals surface area contributed by atoms with Gasteiger partial charge in [0, 0.05) is 24.7 Å². The number of carbonyl (C=O) groups excluding carboxylic acids is 1. The molecular weight excluding hydrogens is 405 g/mol. The number of likely N-dealkylation sites (tertiary alicyclic amines) is 1. The predicted octanol–water partition coefficient (Wildman–Crippen LogP) is 2.35. The Morgan fingerprint density at radius 3 is 2.78 bits per heavy atom. The van der Waals surface area contributed by atoms with Crippen LogP contribution in [0.5, 0.6) is 0 Å². The van der Waals surface area contributed by atoms with Gasteiger partial charge in [-0.15, -0.1) is 11.3 Å². The number of hydrogen-bond donors (Lipinski definition) is 1. The topological polar surface area (TPSA) is 84.3 Å². The molecule has 27 heavy (non-hydrogen) atoms. The van der Waals surface area contributed by atoms with Crippen LogP contribution in [0.15, 0.2) is 28.6 Å². The number of sulfonamides is 1. The highest BCUT2D eigenvalue weighted by Crippen LogP contribution is 2.30. The second-order valence-electron chi connectivity index (χ2n) is 6.08. The molecule has 0 saturated carbocycles. The van der Waals surface area contributed by atoms with Crippen LogP contribution in [0.4, 0.5) is 13.2 Å². The first-order chi connectivity index (χ1) is 12.6. The molecule has 1 fully saturated rings. The van der Waals surface area contributed by atoms with Gasteiger partial charge in [0.1, 0.15) is 0 Å². The van der Waals surface area contributed by atoms with Gasteiger partial charge in [0.15, 0.2) is 5.69 Å². The lowest BCUT2D eigenvalue weighted by molar-refractivity contribution is -0.141. The molecular formula is C15H17F3N4O3S2. The first-order valence-electron chi connectivity index (χ1n) is 8.05. The summed E-state index contributed by atoms with van der Waals surface area (Å²) in [6.45, 7) is 0.665. The lowest BCUT2D eigenvalue weighted by atomic mass is 10.1. The fraction of sp³-hybridized carbons (Fsp3) is 0.467. The Kier molecular flexibility index (Phi) is 5.32. The minimum absolute atomic E-state index is 0.00815. The molecule has 0 bridgehead atoms. The van der Waals surface area contributed by atoms with E-state index < -0.39 is 21.9 Å². The molecule has 1 N–H and O–H groups in total. The van der Waals surface area contributed by atoms with Gasteiger partial charge in [0.2, 0.25) is 10.0 Å². The second-order valence-corrected chi connectivity index (χ2v) is 8.88. The zero-order valence-corrected chi connectivity index (χ0v) is 15.9. The van der Waals surface area contributed by atoms with Crippen LogP contribution in [0.1, 0.15) is 34.2 Å². The van der Waals surface area contributed by atoms with Gasteiger partial charge in [-0.05, 0) is 32.0 Å². The summed E-state index contributed by atoms with van der Waals surface area (Å²) in [6, 6.07) is 1.85. The van der Waals surface area contributed by atoms with E-state index in [2.05, 4.69) is 9.82 Å². The minimum atomic E-state index is -4.51. The van der Waals surface area contributed by atoms with Crippen molar-refractivity contribution in [3.05, 3.63) is 34.3 Å². The number of alkyl halides is 3. The Hall–Kier alpha value is -1.92. The molecule has 0 aliphatic carbocycles. The molecule has 1 aliphatic rings. The highest BCUT2D eigenvalue weighted by Gasteiger charge is 2.35. The van der Waals surface area contributed by atoms with Gasteiger partial charge in [0.25, 0.3) is 5.91 Å². The van der Waals surface area contributed by atoms with Gasteiger partial charge in [0.05, 0.1) is 15.8 Å². The van der Waals surface area contributed by atoms with Crippen molar-refractivity contribution in [2.75, 3.05) is 20.1 Å². The molecule has 1 amide bonds. The van der Waals surface area contributed by atoms with Crippen molar-refractivity contribution in [3.63, 3.8) is 0 Å². The maximum atomic E-state index is 12.7. The second kappa shape index (κ2) is 7.24. The number of carbonyl (C=O) groups is 1. The third-order valence-electron chi connectivity index (χ3n) is 4.32. The number of nitrogens with one attached hydrogen (secondary N) is 1. The van der Waals surface area contributed by atoms with E-state index in [4.69, 9.17) is 0 Å². The standard InChI is InChI=1S/C15H17F3N4O3S2/c1-19-27(24,25)11-7-12(26-9-11)14(23)21-5-2-3-10(8-21)22-6-4-13(20-22)15(16,17)18/h4,6-7,9-10,19H,2-3,5,8H2,1H3. The lowest BCUT2D eigenvalue weighted by Gasteiger charge is -2.32. The number of piperidine rings is 1. The molecule has 12 heteroatoms. The van der Waals surface area contributed by atoms with Crippen LogP contribution in [0.25, 0.3) is 0 Å². The molecule has 7 nitrogen and oxygen atoms in total. The highest BCUT2D eigenvalue weighted by atomic mass is 32.2. The van der Waals surface area contributed by atoms with Crippen LogP contribution in [-0.4, -0.2) is 49.1 Å².